The molecule has 0 saturated heterocycles. The standard InChI is InChI=1S/C22H19N3OS/c26-19(14-27-22-23-12-13-25(22)16-10-11-16)20-17-8-4-5-9-18(17)24-21(20)15-6-2-1-3-7-15/h1-9,12-13,16,24H,10-11,14H2. The highest BCUT2D eigenvalue weighted by Gasteiger charge is 2.26. The fourth-order valence-corrected chi connectivity index (χ4v) is 4.40. The van der Waals surface area contributed by atoms with Gasteiger partial charge in [-0.2, -0.15) is 0 Å². The molecule has 1 fully saturated rings. The van der Waals surface area contributed by atoms with Gasteiger partial charge in [0.25, 0.3) is 0 Å². The lowest BCUT2D eigenvalue weighted by Gasteiger charge is -2.07. The maximum atomic E-state index is 13.2. The summed E-state index contributed by atoms with van der Waals surface area (Å²) in [5.41, 5.74) is 3.69. The van der Waals surface area contributed by atoms with Crippen LogP contribution in [0.5, 0.6) is 0 Å². The second kappa shape index (κ2) is 6.74. The first-order valence-corrected chi connectivity index (χ1v) is 10.1. The molecule has 27 heavy (non-hydrogen) atoms. The maximum Gasteiger partial charge on any atom is 0.175 e. The molecule has 2 heterocycles. The van der Waals surface area contributed by atoms with Crippen LogP contribution in [0.2, 0.25) is 0 Å². The third-order valence-corrected chi connectivity index (χ3v) is 5.93. The van der Waals surface area contributed by atoms with Crippen LogP contribution in [0.4, 0.5) is 0 Å². The van der Waals surface area contributed by atoms with Crippen molar-refractivity contribution in [2.45, 2.75) is 24.0 Å². The Morgan fingerprint density at radius 3 is 2.70 bits per heavy atom. The molecule has 1 aliphatic rings. The van der Waals surface area contributed by atoms with Crippen LogP contribution < -0.4 is 0 Å². The minimum atomic E-state index is 0.127. The van der Waals surface area contributed by atoms with Crippen LogP contribution in [0.25, 0.3) is 22.2 Å². The molecule has 1 saturated carbocycles. The number of hydrogen-bond donors (Lipinski definition) is 1. The first-order chi connectivity index (χ1) is 13.3. The van der Waals surface area contributed by atoms with Gasteiger partial charge in [0.05, 0.1) is 17.0 Å². The van der Waals surface area contributed by atoms with E-state index in [1.54, 1.807) is 0 Å². The Bertz CT molecular complexity index is 1110. The van der Waals surface area contributed by atoms with Gasteiger partial charge < -0.3 is 9.55 Å². The molecular formula is C22H19N3OS. The Kier molecular flexibility index (Phi) is 4.09. The SMILES string of the molecule is O=C(CSc1nccn1C1CC1)c1c(-c2ccccc2)[nH]c2ccccc12. The number of carbonyl (C=O) groups excluding carboxylic acids is 1. The molecule has 0 aliphatic heterocycles. The number of imidazole rings is 1. The molecule has 4 nitrogen and oxygen atoms in total. The fourth-order valence-electron chi connectivity index (χ4n) is 3.50. The predicted octanol–water partition coefficient (Wildman–Crippen LogP) is 5.34. The zero-order valence-electron chi connectivity index (χ0n) is 14.8. The number of benzene rings is 2. The number of aromatic nitrogens is 3. The van der Waals surface area contributed by atoms with Crippen LogP contribution in [0.1, 0.15) is 29.2 Å². The van der Waals surface area contributed by atoms with E-state index in [4.69, 9.17) is 0 Å². The van der Waals surface area contributed by atoms with Gasteiger partial charge >= 0.3 is 0 Å². The minimum absolute atomic E-state index is 0.127. The van der Waals surface area contributed by atoms with Crippen molar-refractivity contribution in [2.75, 3.05) is 5.75 Å². The number of rotatable bonds is 6. The number of ketones is 1. The third kappa shape index (κ3) is 3.08. The Morgan fingerprint density at radius 2 is 1.89 bits per heavy atom. The summed E-state index contributed by atoms with van der Waals surface area (Å²) < 4.78 is 2.20. The molecule has 0 atom stereocenters. The molecule has 5 rings (SSSR count). The van der Waals surface area contributed by atoms with Crippen LogP contribution in [0.3, 0.4) is 0 Å². The van der Waals surface area contributed by atoms with Gasteiger partial charge in [0, 0.05) is 29.3 Å². The van der Waals surface area contributed by atoms with Crippen molar-refractivity contribution in [3.05, 3.63) is 72.6 Å². The van der Waals surface area contributed by atoms with Crippen molar-refractivity contribution in [2.24, 2.45) is 0 Å². The van der Waals surface area contributed by atoms with Gasteiger partial charge in [0.1, 0.15) is 0 Å². The van der Waals surface area contributed by atoms with E-state index in [1.165, 1.54) is 24.6 Å². The van der Waals surface area contributed by atoms with Gasteiger partial charge in [0.15, 0.2) is 10.9 Å². The number of fused-ring (bicyclic) bond motifs is 1. The van der Waals surface area contributed by atoms with E-state index in [2.05, 4.69) is 14.5 Å². The Labute approximate surface area is 161 Å². The molecule has 2 aromatic heterocycles. The minimum Gasteiger partial charge on any atom is -0.354 e. The Hall–Kier alpha value is -2.79. The monoisotopic (exact) mass is 373 g/mol. The van der Waals surface area contributed by atoms with Crippen LogP contribution in [0.15, 0.2) is 72.1 Å². The highest BCUT2D eigenvalue weighted by atomic mass is 32.2. The van der Waals surface area contributed by atoms with E-state index in [9.17, 15) is 4.79 Å². The molecule has 0 unspecified atom stereocenters. The average molecular weight is 373 g/mol. The predicted molar refractivity (Wildman–Crippen MR) is 109 cm³/mol. The molecule has 4 aromatic rings. The molecular weight excluding hydrogens is 354 g/mol. The number of nitrogens with zero attached hydrogens (tertiary/aromatic N) is 2. The summed E-state index contributed by atoms with van der Waals surface area (Å²) in [5.74, 6) is 0.507. The smallest absolute Gasteiger partial charge is 0.175 e. The third-order valence-electron chi connectivity index (χ3n) is 4.95. The quantitative estimate of drug-likeness (QED) is 0.366. The lowest BCUT2D eigenvalue weighted by atomic mass is 10.0. The maximum absolute atomic E-state index is 13.2. The summed E-state index contributed by atoms with van der Waals surface area (Å²) in [5, 5.41) is 1.92. The zero-order chi connectivity index (χ0) is 18.2. The number of carbonyl (C=O) groups is 1. The van der Waals surface area contributed by atoms with Gasteiger partial charge in [-0.3, -0.25) is 4.79 Å². The highest BCUT2D eigenvalue weighted by molar-refractivity contribution is 7.99. The molecule has 0 amide bonds. The van der Waals surface area contributed by atoms with E-state index in [0.717, 1.165) is 32.9 Å². The number of hydrogen-bond acceptors (Lipinski definition) is 3. The van der Waals surface area contributed by atoms with Crippen molar-refractivity contribution in [3.63, 3.8) is 0 Å². The van der Waals surface area contributed by atoms with E-state index in [1.807, 2.05) is 67.0 Å². The number of thioether (sulfide) groups is 1. The van der Waals surface area contributed by atoms with Crippen LogP contribution in [-0.4, -0.2) is 26.1 Å². The van der Waals surface area contributed by atoms with Crippen LogP contribution in [0, 0.1) is 0 Å². The van der Waals surface area contributed by atoms with Crippen molar-refractivity contribution in [1.82, 2.24) is 14.5 Å². The molecule has 0 radical (unpaired) electrons. The summed E-state index contributed by atoms with van der Waals surface area (Å²) in [7, 11) is 0. The van der Waals surface area contributed by atoms with Gasteiger partial charge in [-0.25, -0.2) is 4.98 Å². The molecule has 2 aromatic carbocycles. The number of para-hydroxylation sites is 1. The summed E-state index contributed by atoms with van der Waals surface area (Å²) in [6, 6.07) is 18.6. The Balaban J connectivity index is 1.49. The molecule has 1 aliphatic carbocycles. The highest BCUT2D eigenvalue weighted by Crippen LogP contribution is 2.38. The summed E-state index contributed by atoms with van der Waals surface area (Å²) in [6.45, 7) is 0. The van der Waals surface area contributed by atoms with Crippen molar-refractivity contribution < 1.29 is 4.79 Å². The Morgan fingerprint density at radius 1 is 1.11 bits per heavy atom. The lowest BCUT2D eigenvalue weighted by Crippen LogP contribution is -2.05. The fraction of sp³-hybridized carbons (Fsp3) is 0.182. The second-order valence-corrected chi connectivity index (χ2v) is 7.79. The first kappa shape index (κ1) is 16.4. The van der Waals surface area contributed by atoms with E-state index in [0.29, 0.717) is 11.8 Å². The largest absolute Gasteiger partial charge is 0.354 e. The van der Waals surface area contributed by atoms with Gasteiger partial charge in [-0.05, 0) is 24.5 Å². The van der Waals surface area contributed by atoms with Crippen LogP contribution in [-0.2, 0) is 0 Å². The van der Waals surface area contributed by atoms with E-state index >= 15 is 0 Å². The average Bonchev–Trinajstić information content (AvgIpc) is 3.31. The lowest BCUT2D eigenvalue weighted by molar-refractivity contribution is 0.102. The van der Waals surface area contributed by atoms with E-state index in [-0.39, 0.29) is 5.78 Å². The number of H-pyrrole nitrogens is 1. The van der Waals surface area contributed by atoms with Gasteiger partial charge in [0.2, 0.25) is 0 Å². The number of Topliss-reactive ketones (excluding diaryl/α,β-unsaturated/α-hetero) is 1. The molecule has 134 valence electrons. The van der Waals surface area contributed by atoms with Gasteiger partial charge in [-0.1, -0.05) is 60.3 Å². The van der Waals surface area contributed by atoms with Gasteiger partial charge in [-0.15, -0.1) is 0 Å². The van der Waals surface area contributed by atoms with Crippen LogP contribution >= 0.6 is 11.8 Å². The summed E-state index contributed by atoms with van der Waals surface area (Å²) in [4.78, 5) is 21.1. The normalized spacial score (nSPS) is 13.9. The van der Waals surface area contributed by atoms with E-state index < -0.39 is 0 Å². The number of aromatic amines is 1. The molecule has 1 N–H and O–H groups in total. The number of nitrogens with one attached hydrogen (secondary N) is 1. The second-order valence-electron chi connectivity index (χ2n) is 6.85. The zero-order valence-corrected chi connectivity index (χ0v) is 15.6. The molecule has 0 spiro atoms. The molecule has 5 heteroatoms. The molecule has 0 bridgehead atoms. The summed E-state index contributed by atoms with van der Waals surface area (Å²) in [6.07, 6.45) is 6.26. The van der Waals surface area contributed by atoms with Crippen molar-refractivity contribution >= 4 is 28.4 Å². The summed E-state index contributed by atoms with van der Waals surface area (Å²) >= 11 is 1.53. The van der Waals surface area contributed by atoms with Crippen molar-refractivity contribution in [3.8, 4) is 11.3 Å². The first-order valence-electron chi connectivity index (χ1n) is 9.16. The van der Waals surface area contributed by atoms with Crippen molar-refractivity contribution in [1.29, 1.82) is 0 Å². The topological polar surface area (TPSA) is 50.7 Å².